The number of nitrogens with one attached hydrogen (secondary N) is 2. The van der Waals surface area contributed by atoms with Crippen LogP contribution in [-0.4, -0.2) is 15.7 Å². The van der Waals surface area contributed by atoms with Gasteiger partial charge in [0, 0.05) is 25.2 Å². The third-order valence-electron chi connectivity index (χ3n) is 3.31. The average molecular weight is 379 g/mol. The van der Waals surface area contributed by atoms with E-state index in [0.29, 0.717) is 16.7 Å². The minimum atomic E-state index is -0.193. The van der Waals surface area contributed by atoms with Gasteiger partial charge in [-0.1, -0.05) is 26.0 Å². The molecule has 0 aliphatic carbocycles. The lowest BCUT2D eigenvalue weighted by Gasteiger charge is -2.10. The van der Waals surface area contributed by atoms with Crippen molar-refractivity contribution in [2.45, 2.75) is 20.4 Å². The molecule has 0 radical (unpaired) electrons. The van der Waals surface area contributed by atoms with Gasteiger partial charge in [0.2, 0.25) is 5.91 Å². The summed E-state index contributed by atoms with van der Waals surface area (Å²) < 4.78 is 1.72. The van der Waals surface area contributed by atoms with Crippen LogP contribution in [0.4, 0.5) is 11.4 Å². The number of nitrogens with zero attached hydrogens (tertiary/aromatic N) is 2. The van der Waals surface area contributed by atoms with E-state index in [2.05, 4.69) is 31.7 Å². The fourth-order valence-corrected chi connectivity index (χ4v) is 2.32. The van der Waals surface area contributed by atoms with Gasteiger partial charge in [0.25, 0.3) is 5.56 Å². The van der Waals surface area contributed by atoms with Gasteiger partial charge in [0.05, 0.1) is 11.9 Å². The largest absolute Gasteiger partial charge is 0.379 e. The van der Waals surface area contributed by atoms with Gasteiger partial charge in [-0.3, -0.25) is 9.59 Å². The number of amides is 1. The molecule has 2 rings (SSSR count). The first-order valence-electron chi connectivity index (χ1n) is 7.24. The molecule has 1 heterocycles. The van der Waals surface area contributed by atoms with Crippen LogP contribution in [0.2, 0.25) is 0 Å². The van der Waals surface area contributed by atoms with Gasteiger partial charge in [-0.15, -0.1) is 0 Å². The lowest BCUT2D eigenvalue weighted by atomic mass is 10.1. The summed E-state index contributed by atoms with van der Waals surface area (Å²) in [7, 11) is 1.60. The molecule has 2 aromatic rings. The molecule has 6 nitrogen and oxygen atoms in total. The molecule has 0 unspecified atom stereocenters. The van der Waals surface area contributed by atoms with E-state index in [1.165, 1.54) is 4.68 Å². The maximum Gasteiger partial charge on any atom is 0.282 e. The Bertz CT molecular complexity index is 754. The number of hydrogen-bond donors (Lipinski definition) is 2. The van der Waals surface area contributed by atoms with Crippen LogP contribution in [0.5, 0.6) is 0 Å². The quantitative estimate of drug-likeness (QED) is 0.838. The van der Waals surface area contributed by atoms with Crippen LogP contribution in [0.15, 0.2) is 39.7 Å². The molecule has 0 aliphatic heterocycles. The van der Waals surface area contributed by atoms with Crippen molar-refractivity contribution in [1.29, 1.82) is 0 Å². The number of benzene rings is 1. The number of carbonyl (C=O) groups is 1. The molecule has 0 atom stereocenters. The normalized spacial score (nSPS) is 10.7. The van der Waals surface area contributed by atoms with E-state index in [1.807, 2.05) is 38.1 Å². The van der Waals surface area contributed by atoms with Crippen molar-refractivity contribution >= 4 is 33.2 Å². The van der Waals surface area contributed by atoms with Gasteiger partial charge < -0.3 is 10.6 Å². The highest BCUT2D eigenvalue weighted by atomic mass is 79.9. The first kappa shape index (κ1) is 17.2. The minimum Gasteiger partial charge on any atom is -0.379 e. The first-order chi connectivity index (χ1) is 10.9. The number of carbonyl (C=O) groups excluding carboxylic acids is 1. The van der Waals surface area contributed by atoms with E-state index in [0.717, 1.165) is 11.3 Å². The summed E-state index contributed by atoms with van der Waals surface area (Å²) >= 11 is 3.27. The molecule has 0 fully saturated rings. The van der Waals surface area contributed by atoms with Gasteiger partial charge in [-0.2, -0.15) is 5.10 Å². The van der Waals surface area contributed by atoms with Crippen molar-refractivity contribution in [3.8, 4) is 0 Å². The second-order valence-electron chi connectivity index (χ2n) is 5.50. The molecule has 0 spiro atoms. The molecule has 2 N–H and O–H groups in total. The second kappa shape index (κ2) is 7.41. The summed E-state index contributed by atoms with van der Waals surface area (Å²) in [6.45, 7) is 4.25. The van der Waals surface area contributed by atoms with E-state index in [1.54, 1.807) is 13.2 Å². The predicted molar refractivity (Wildman–Crippen MR) is 94.4 cm³/mol. The number of anilines is 2. The molecule has 1 aromatic heterocycles. The predicted octanol–water partition coefficient (Wildman–Crippen LogP) is 2.75. The van der Waals surface area contributed by atoms with E-state index >= 15 is 0 Å². The molecule has 1 amide bonds. The minimum absolute atomic E-state index is 0.00832. The van der Waals surface area contributed by atoms with Crippen molar-refractivity contribution in [1.82, 2.24) is 9.78 Å². The van der Waals surface area contributed by atoms with Gasteiger partial charge in [0.15, 0.2) is 0 Å². The van der Waals surface area contributed by atoms with Crippen molar-refractivity contribution < 1.29 is 4.79 Å². The number of rotatable bonds is 5. The Balaban J connectivity index is 2.01. The zero-order chi connectivity index (χ0) is 17.0. The molecule has 0 aliphatic rings. The molecule has 0 saturated carbocycles. The summed E-state index contributed by atoms with van der Waals surface area (Å²) in [4.78, 5) is 23.4. The zero-order valence-electron chi connectivity index (χ0n) is 13.3. The lowest BCUT2D eigenvalue weighted by molar-refractivity contribution is -0.118. The van der Waals surface area contributed by atoms with Crippen molar-refractivity contribution in [3.05, 3.63) is 50.9 Å². The Morgan fingerprint density at radius 2 is 1.96 bits per heavy atom. The van der Waals surface area contributed by atoms with E-state index in [9.17, 15) is 9.59 Å². The smallest absolute Gasteiger partial charge is 0.282 e. The molecule has 7 heteroatoms. The van der Waals surface area contributed by atoms with Gasteiger partial charge >= 0.3 is 0 Å². The Morgan fingerprint density at radius 1 is 1.30 bits per heavy atom. The van der Waals surface area contributed by atoms with E-state index < -0.39 is 0 Å². The standard InChI is InChI=1S/C16H19BrN4O2/c1-10(2)15(22)20-12-6-4-11(5-7-12)8-18-13-9-19-21(3)16(23)14(13)17/h4-7,9-10,18H,8H2,1-3H3,(H,20,22). The van der Waals surface area contributed by atoms with Crippen LogP contribution >= 0.6 is 15.9 Å². The van der Waals surface area contributed by atoms with Crippen LogP contribution in [0.25, 0.3) is 0 Å². The van der Waals surface area contributed by atoms with Crippen molar-refractivity contribution in [3.63, 3.8) is 0 Å². The fraction of sp³-hybridized carbons (Fsp3) is 0.312. The summed E-state index contributed by atoms with van der Waals surface area (Å²) in [6.07, 6.45) is 1.60. The Hall–Kier alpha value is -2.15. The fourth-order valence-electron chi connectivity index (χ4n) is 1.82. The van der Waals surface area contributed by atoms with E-state index in [-0.39, 0.29) is 17.4 Å². The Kier molecular flexibility index (Phi) is 5.54. The van der Waals surface area contributed by atoms with Crippen LogP contribution in [-0.2, 0) is 18.4 Å². The molecule has 0 bridgehead atoms. The van der Waals surface area contributed by atoms with Crippen LogP contribution < -0.4 is 16.2 Å². The third-order valence-corrected chi connectivity index (χ3v) is 4.07. The highest BCUT2D eigenvalue weighted by Crippen LogP contribution is 2.18. The summed E-state index contributed by atoms with van der Waals surface area (Å²) in [5.74, 6) is -0.0621. The SMILES string of the molecule is CC(C)C(=O)Nc1ccc(CNc2cnn(C)c(=O)c2Br)cc1. The van der Waals surface area contributed by atoms with Crippen LogP contribution in [0.3, 0.4) is 0 Å². The van der Waals surface area contributed by atoms with Crippen molar-refractivity contribution in [2.24, 2.45) is 13.0 Å². The van der Waals surface area contributed by atoms with Gasteiger partial charge in [0.1, 0.15) is 4.47 Å². The average Bonchev–Trinajstić information content (AvgIpc) is 2.53. The molecular formula is C16H19BrN4O2. The first-order valence-corrected chi connectivity index (χ1v) is 8.03. The van der Waals surface area contributed by atoms with Gasteiger partial charge in [-0.05, 0) is 33.6 Å². The summed E-state index contributed by atoms with van der Waals surface area (Å²) in [5.41, 5.74) is 2.25. The molecular weight excluding hydrogens is 360 g/mol. The highest BCUT2D eigenvalue weighted by molar-refractivity contribution is 9.10. The maximum atomic E-state index is 11.8. The van der Waals surface area contributed by atoms with Gasteiger partial charge in [-0.25, -0.2) is 4.68 Å². The van der Waals surface area contributed by atoms with Crippen LogP contribution in [0, 0.1) is 5.92 Å². The third kappa shape index (κ3) is 4.41. The molecule has 0 saturated heterocycles. The van der Waals surface area contributed by atoms with E-state index in [4.69, 9.17) is 0 Å². The zero-order valence-corrected chi connectivity index (χ0v) is 14.8. The maximum absolute atomic E-state index is 11.8. The number of aromatic nitrogens is 2. The number of hydrogen-bond acceptors (Lipinski definition) is 4. The molecule has 122 valence electrons. The Labute approximate surface area is 143 Å². The number of halogens is 1. The summed E-state index contributed by atoms with van der Waals surface area (Å²) in [6, 6.07) is 7.56. The van der Waals surface area contributed by atoms with Crippen LogP contribution in [0.1, 0.15) is 19.4 Å². The summed E-state index contributed by atoms with van der Waals surface area (Å²) in [5, 5.41) is 9.99. The lowest BCUT2D eigenvalue weighted by Crippen LogP contribution is -2.21. The highest BCUT2D eigenvalue weighted by Gasteiger charge is 2.08. The van der Waals surface area contributed by atoms with Crippen molar-refractivity contribution in [2.75, 3.05) is 10.6 Å². The molecule has 23 heavy (non-hydrogen) atoms. The number of aryl methyl sites for hydroxylation is 1. The topological polar surface area (TPSA) is 76.0 Å². The molecule has 1 aromatic carbocycles. The monoisotopic (exact) mass is 378 g/mol. The Morgan fingerprint density at radius 3 is 2.57 bits per heavy atom. The second-order valence-corrected chi connectivity index (χ2v) is 6.29.